The van der Waals surface area contributed by atoms with Crippen LogP contribution < -0.4 is 21.3 Å². The first-order valence-corrected chi connectivity index (χ1v) is 13.6. The highest BCUT2D eigenvalue weighted by Gasteiger charge is 2.35. The summed E-state index contributed by atoms with van der Waals surface area (Å²) in [6.07, 6.45) is -7.67. The Kier molecular flexibility index (Phi) is 9.18. The molecule has 0 aliphatic carbocycles. The fourth-order valence-electron chi connectivity index (χ4n) is 4.22. The minimum atomic E-state index is -4.89. The third kappa shape index (κ3) is 7.36. The highest BCUT2D eigenvalue weighted by molar-refractivity contribution is 7.84. The molecule has 0 fully saturated rings. The molecule has 1 aromatic heterocycles. The first kappa shape index (κ1) is 31.6. The minimum Gasteiger partial charge on any atom is -0.406 e. The summed E-state index contributed by atoms with van der Waals surface area (Å²) < 4.78 is 101. The molecular weight excluding hydrogens is 600 g/mol. The van der Waals surface area contributed by atoms with Gasteiger partial charge in [-0.1, -0.05) is 18.2 Å². The lowest BCUT2D eigenvalue weighted by Gasteiger charge is -2.26. The molecule has 0 radical (unpaired) electrons. The van der Waals surface area contributed by atoms with Gasteiger partial charge in [-0.3, -0.25) is 9.22 Å². The third-order valence-corrected chi connectivity index (χ3v) is 7.35. The monoisotopic (exact) mass is 625 g/mol. The molecule has 4 rings (SSSR count). The summed E-state index contributed by atoms with van der Waals surface area (Å²) in [4.78, 5) is 4.12. The molecule has 3 aromatic carbocycles. The van der Waals surface area contributed by atoms with Crippen LogP contribution in [-0.2, 0) is 21.7 Å². The molecule has 43 heavy (non-hydrogen) atoms. The fraction of sp³-hybridized carbons (Fsp3) is 0.179. The summed E-state index contributed by atoms with van der Waals surface area (Å²) in [5, 5.41) is 1.10. The van der Waals surface area contributed by atoms with Gasteiger partial charge in [0.25, 0.3) is 0 Å². The Morgan fingerprint density at radius 3 is 2.28 bits per heavy atom. The largest absolute Gasteiger partial charge is 0.573 e. The summed E-state index contributed by atoms with van der Waals surface area (Å²) in [5.41, 5.74) is 6.71. The lowest BCUT2D eigenvalue weighted by molar-refractivity contribution is -0.274. The van der Waals surface area contributed by atoms with Crippen LogP contribution in [0.2, 0.25) is 0 Å². The van der Waals surface area contributed by atoms with E-state index in [0.717, 1.165) is 29.5 Å². The number of aromatic nitrogens is 2. The summed E-state index contributed by atoms with van der Waals surface area (Å²) in [5.74, 6) is 6.03. The Balaban J connectivity index is 1.84. The van der Waals surface area contributed by atoms with Crippen molar-refractivity contribution in [3.05, 3.63) is 96.2 Å². The zero-order valence-corrected chi connectivity index (χ0v) is 23.4. The van der Waals surface area contributed by atoms with Crippen LogP contribution in [0.1, 0.15) is 17.1 Å². The number of halogens is 6. The molecule has 0 aliphatic rings. The zero-order chi connectivity index (χ0) is 31.5. The van der Waals surface area contributed by atoms with E-state index >= 15 is 0 Å². The number of nitrogens with zero attached hydrogens (tertiary/aromatic N) is 3. The van der Waals surface area contributed by atoms with Gasteiger partial charge in [-0.2, -0.15) is 13.2 Å². The number of hydrazine groups is 1. The van der Waals surface area contributed by atoms with Crippen LogP contribution in [0.4, 0.5) is 32.0 Å². The maximum Gasteiger partial charge on any atom is 0.573 e. The van der Waals surface area contributed by atoms with E-state index in [4.69, 9.17) is 16.3 Å². The predicted molar refractivity (Wildman–Crippen MR) is 149 cm³/mol. The maximum absolute atomic E-state index is 13.5. The van der Waals surface area contributed by atoms with Gasteiger partial charge in [0.15, 0.2) is 5.69 Å². The van der Waals surface area contributed by atoms with Gasteiger partial charge in [0.05, 0.1) is 27.9 Å². The van der Waals surface area contributed by atoms with Crippen LogP contribution in [-0.4, -0.2) is 33.2 Å². The van der Waals surface area contributed by atoms with Gasteiger partial charge in [0.1, 0.15) is 17.5 Å². The molecule has 0 aliphatic heterocycles. The SMILES string of the molecule is COCS(=O)c1cccc(-c2ccc(-n3cc(C(F)(F)F)nc3C)c(N(N)/C(=C\N)c3ccc(OC(F)(F)F)cc3)c2)c1. The molecule has 0 spiro atoms. The van der Waals surface area contributed by atoms with Crippen molar-refractivity contribution in [2.45, 2.75) is 24.4 Å². The fourth-order valence-corrected chi connectivity index (χ4v) is 5.06. The minimum absolute atomic E-state index is 0.0126. The molecule has 1 atom stereocenters. The highest BCUT2D eigenvalue weighted by atomic mass is 32.2. The van der Waals surface area contributed by atoms with Crippen molar-refractivity contribution < 1.29 is 40.0 Å². The number of imidazole rings is 1. The average Bonchev–Trinajstić information content (AvgIpc) is 3.35. The molecule has 0 saturated heterocycles. The van der Waals surface area contributed by atoms with E-state index in [1.54, 1.807) is 36.4 Å². The lowest BCUT2D eigenvalue weighted by Crippen LogP contribution is -2.31. The van der Waals surface area contributed by atoms with Gasteiger partial charge in [-0.25, -0.2) is 10.8 Å². The summed E-state index contributed by atoms with van der Waals surface area (Å²) >= 11 is 0. The van der Waals surface area contributed by atoms with Gasteiger partial charge >= 0.3 is 12.5 Å². The first-order chi connectivity index (χ1) is 20.2. The zero-order valence-electron chi connectivity index (χ0n) is 22.6. The highest BCUT2D eigenvalue weighted by Crippen LogP contribution is 2.36. The second-order valence-corrected chi connectivity index (χ2v) is 10.4. The average molecular weight is 626 g/mol. The normalized spacial score (nSPS) is 13.2. The van der Waals surface area contributed by atoms with Gasteiger partial charge < -0.3 is 19.8 Å². The van der Waals surface area contributed by atoms with Crippen molar-refractivity contribution in [1.82, 2.24) is 9.55 Å². The van der Waals surface area contributed by atoms with E-state index in [9.17, 15) is 30.6 Å². The molecule has 0 saturated carbocycles. The maximum atomic E-state index is 13.5. The number of ether oxygens (including phenoxy) is 2. The van der Waals surface area contributed by atoms with E-state index in [-0.39, 0.29) is 34.4 Å². The number of aryl methyl sites for hydroxylation is 1. The molecule has 0 amide bonds. The Morgan fingerprint density at radius 2 is 1.70 bits per heavy atom. The molecular formula is C28H25F6N5O3S. The number of nitrogens with two attached hydrogens (primary N) is 2. The number of benzene rings is 3. The second-order valence-electron chi connectivity index (χ2n) is 9.02. The van der Waals surface area contributed by atoms with Crippen molar-refractivity contribution in [2.24, 2.45) is 11.6 Å². The smallest absolute Gasteiger partial charge is 0.406 e. The Hall–Kier alpha value is -4.34. The number of hydrogen-bond acceptors (Lipinski definition) is 7. The number of alkyl halides is 6. The quantitative estimate of drug-likeness (QED) is 0.131. The molecule has 15 heteroatoms. The van der Waals surface area contributed by atoms with E-state index in [2.05, 4.69) is 9.72 Å². The van der Waals surface area contributed by atoms with Crippen molar-refractivity contribution >= 4 is 22.2 Å². The second kappa shape index (κ2) is 12.5. The molecule has 1 unspecified atom stereocenters. The molecule has 228 valence electrons. The Morgan fingerprint density at radius 1 is 1.02 bits per heavy atom. The Bertz CT molecular complexity index is 1650. The summed E-state index contributed by atoms with van der Waals surface area (Å²) in [6, 6.07) is 16.3. The van der Waals surface area contributed by atoms with Crippen LogP contribution in [0.25, 0.3) is 22.5 Å². The van der Waals surface area contributed by atoms with Crippen molar-refractivity contribution in [1.29, 1.82) is 0 Å². The number of hydrogen-bond donors (Lipinski definition) is 2. The van der Waals surface area contributed by atoms with Crippen molar-refractivity contribution in [3.8, 4) is 22.6 Å². The van der Waals surface area contributed by atoms with E-state index in [1.807, 2.05) is 0 Å². The van der Waals surface area contributed by atoms with Crippen LogP contribution >= 0.6 is 0 Å². The molecule has 1 heterocycles. The molecule has 0 bridgehead atoms. The van der Waals surface area contributed by atoms with Gasteiger partial charge in [-0.05, 0) is 66.6 Å². The topological polar surface area (TPSA) is 109 Å². The van der Waals surface area contributed by atoms with E-state index in [0.29, 0.717) is 16.0 Å². The standard InChI is InChI=1S/C28H25F6N5O3S/c1-17-37-26(27(29,30)31)15-38(17)23-11-8-20(19-4-3-5-22(12-19)43(40)16-41-2)13-24(23)39(36)25(14-35)18-6-9-21(10-7-18)42-28(32,33)34/h3-15H,16,35-36H2,1-2H3/b25-14-. The van der Waals surface area contributed by atoms with E-state index in [1.165, 1.54) is 36.8 Å². The Labute approximate surface area is 244 Å². The number of methoxy groups -OCH3 is 1. The van der Waals surface area contributed by atoms with Crippen LogP contribution in [0.5, 0.6) is 5.75 Å². The van der Waals surface area contributed by atoms with Gasteiger partial charge in [-0.15, -0.1) is 13.2 Å². The number of rotatable bonds is 9. The van der Waals surface area contributed by atoms with Crippen LogP contribution in [0.15, 0.2) is 84.0 Å². The molecule has 8 nitrogen and oxygen atoms in total. The molecule has 4 aromatic rings. The predicted octanol–water partition coefficient (Wildman–Crippen LogP) is 6.11. The number of anilines is 1. The van der Waals surface area contributed by atoms with Crippen LogP contribution in [0.3, 0.4) is 0 Å². The first-order valence-electron chi connectivity index (χ1n) is 12.3. The van der Waals surface area contributed by atoms with Gasteiger partial charge in [0.2, 0.25) is 0 Å². The van der Waals surface area contributed by atoms with Crippen molar-refractivity contribution in [3.63, 3.8) is 0 Å². The van der Waals surface area contributed by atoms with Crippen molar-refractivity contribution in [2.75, 3.05) is 18.1 Å². The van der Waals surface area contributed by atoms with Gasteiger partial charge in [0, 0.05) is 30.0 Å². The lowest BCUT2D eigenvalue weighted by atomic mass is 10.0. The molecule has 4 N–H and O–H groups in total. The summed E-state index contributed by atoms with van der Waals surface area (Å²) in [7, 11) is -0.0284. The van der Waals surface area contributed by atoms with Crippen LogP contribution in [0, 0.1) is 6.92 Å². The van der Waals surface area contributed by atoms with E-state index < -0.39 is 34.8 Å². The third-order valence-electron chi connectivity index (χ3n) is 6.12. The summed E-state index contributed by atoms with van der Waals surface area (Å²) in [6.45, 7) is 1.39.